The molecule has 4 heteroatoms. The third kappa shape index (κ3) is 2.97. The van der Waals surface area contributed by atoms with Gasteiger partial charge in [-0.2, -0.15) is 0 Å². The molecule has 84 valence electrons. The van der Waals surface area contributed by atoms with Crippen molar-refractivity contribution >= 4 is 21.9 Å². The van der Waals surface area contributed by atoms with E-state index < -0.39 is 0 Å². The van der Waals surface area contributed by atoms with E-state index in [0.29, 0.717) is 5.95 Å². The topological polar surface area (TPSA) is 54.7 Å². The molecular formula is C11H18BrN3. The van der Waals surface area contributed by atoms with Crippen molar-refractivity contribution in [3.8, 4) is 0 Å². The molecule has 3 nitrogen and oxygen atoms in total. The Balaban J connectivity index is 1.84. The molecule has 1 saturated carbocycles. The standard InChI is InChI=1S/C11H18BrN3/c12-10-9(14-11(13)15-10)7-6-8-4-2-1-3-5-8/h8H,1-7H2,(H3,13,14,15). The van der Waals surface area contributed by atoms with Crippen molar-refractivity contribution in [2.24, 2.45) is 5.92 Å². The molecule has 0 bridgehead atoms. The van der Waals surface area contributed by atoms with Gasteiger partial charge in [0, 0.05) is 0 Å². The molecule has 15 heavy (non-hydrogen) atoms. The minimum Gasteiger partial charge on any atom is -0.369 e. The molecule has 0 amide bonds. The molecular weight excluding hydrogens is 254 g/mol. The van der Waals surface area contributed by atoms with Crippen molar-refractivity contribution in [3.05, 3.63) is 10.3 Å². The van der Waals surface area contributed by atoms with Crippen LogP contribution in [0.4, 0.5) is 5.95 Å². The summed E-state index contributed by atoms with van der Waals surface area (Å²) in [7, 11) is 0. The highest BCUT2D eigenvalue weighted by molar-refractivity contribution is 9.10. The van der Waals surface area contributed by atoms with Crippen LogP contribution in [0.1, 0.15) is 44.2 Å². The molecule has 2 rings (SSSR count). The summed E-state index contributed by atoms with van der Waals surface area (Å²) in [6.45, 7) is 0. The fourth-order valence-electron chi connectivity index (χ4n) is 2.40. The number of H-pyrrole nitrogens is 1. The number of halogens is 1. The third-order valence-electron chi connectivity index (χ3n) is 3.27. The molecule has 0 saturated heterocycles. The zero-order valence-electron chi connectivity index (χ0n) is 8.93. The van der Waals surface area contributed by atoms with Crippen molar-refractivity contribution in [2.45, 2.75) is 44.9 Å². The number of hydrogen-bond donors (Lipinski definition) is 2. The summed E-state index contributed by atoms with van der Waals surface area (Å²) in [6.07, 6.45) is 9.39. The van der Waals surface area contributed by atoms with Gasteiger partial charge in [0.05, 0.1) is 5.69 Å². The number of imidazole rings is 1. The van der Waals surface area contributed by atoms with E-state index in [1.807, 2.05) is 0 Å². The van der Waals surface area contributed by atoms with E-state index >= 15 is 0 Å². The molecule has 0 unspecified atom stereocenters. The van der Waals surface area contributed by atoms with E-state index in [0.717, 1.165) is 22.6 Å². The van der Waals surface area contributed by atoms with E-state index in [1.165, 1.54) is 38.5 Å². The number of rotatable bonds is 3. The molecule has 0 radical (unpaired) electrons. The van der Waals surface area contributed by atoms with E-state index in [2.05, 4.69) is 25.9 Å². The Hall–Kier alpha value is -0.510. The Labute approximate surface area is 99.0 Å². The predicted molar refractivity (Wildman–Crippen MR) is 65.6 cm³/mol. The molecule has 0 aromatic carbocycles. The minimum atomic E-state index is 0.514. The average Bonchev–Trinajstić information content (AvgIpc) is 2.56. The number of aromatic nitrogens is 2. The number of aryl methyl sites for hydroxylation is 1. The summed E-state index contributed by atoms with van der Waals surface area (Å²) < 4.78 is 0.885. The normalized spacial score (nSPS) is 18.2. The zero-order chi connectivity index (χ0) is 10.7. The van der Waals surface area contributed by atoms with Gasteiger partial charge in [0.15, 0.2) is 5.95 Å². The first-order valence-electron chi connectivity index (χ1n) is 5.75. The highest BCUT2D eigenvalue weighted by Crippen LogP contribution is 2.28. The second kappa shape index (κ2) is 5.01. The molecule has 3 N–H and O–H groups in total. The number of nitrogens with one attached hydrogen (secondary N) is 1. The zero-order valence-corrected chi connectivity index (χ0v) is 10.5. The van der Waals surface area contributed by atoms with Gasteiger partial charge in [-0.25, -0.2) is 4.98 Å². The molecule has 0 aliphatic heterocycles. The monoisotopic (exact) mass is 271 g/mol. The van der Waals surface area contributed by atoms with E-state index in [-0.39, 0.29) is 0 Å². The van der Waals surface area contributed by atoms with Crippen LogP contribution in [0.25, 0.3) is 0 Å². The number of nitrogens with two attached hydrogens (primary N) is 1. The molecule has 1 fully saturated rings. The highest BCUT2D eigenvalue weighted by atomic mass is 79.9. The van der Waals surface area contributed by atoms with Crippen molar-refractivity contribution in [3.63, 3.8) is 0 Å². The predicted octanol–water partition coefficient (Wildman–Crippen LogP) is 3.27. The lowest BCUT2D eigenvalue weighted by atomic mass is 9.86. The lowest BCUT2D eigenvalue weighted by molar-refractivity contribution is 0.338. The van der Waals surface area contributed by atoms with Crippen LogP contribution in [0.5, 0.6) is 0 Å². The van der Waals surface area contributed by atoms with E-state index in [4.69, 9.17) is 5.73 Å². The third-order valence-corrected chi connectivity index (χ3v) is 3.93. The number of hydrogen-bond acceptors (Lipinski definition) is 2. The van der Waals surface area contributed by atoms with Crippen molar-refractivity contribution in [1.82, 2.24) is 9.97 Å². The Bertz CT molecular complexity index is 316. The van der Waals surface area contributed by atoms with Gasteiger partial charge in [-0.15, -0.1) is 0 Å². The van der Waals surface area contributed by atoms with Crippen LogP contribution in [0.3, 0.4) is 0 Å². The second-order valence-corrected chi connectivity index (χ2v) is 5.19. The van der Waals surface area contributed by atoms with Crippen molar-refractivity contribution in [2.75, 3.05) is 5.73 Å². The van der Waals surface area contributed by atoms with Crippen LogP contribution < -0.4 is 5.73 Å². The van der Waals surface area contributed by atoms with Gasteiger partial charge in [0.2, 0.25) is 0 Å². The minimum absolute atomic E-state index is 0.514. The summed E-state index contributed by atoms with van der Waals surface area (Å²) in [5, 5.41) is 0. The first kappa shape index (κ1) is 11.0. The van der Waals surface area contributed by atoms with E-state index in [1.54, 1.807) is 0 Å². The SMILES string of the molecule is Nc1nc(Br)c(CCC2CCCCC2)[nH]1. The number of nitrogens with zero attached hydrogens (tertiary/aromatic N) is 1. The van der Waals surface area contributed by atoms with Gasteiger partial charge in [-0.3, -0.25) is 0 Å². The van der Waals surface area contributed by atoms with Gasteiger partial charge >= 0.3 is 0 Å². The van der Waals surface area contributed by atoms with Gasteiger partial charge in [-0.1, -0.05) is 32.1 Å². The number of anilines is 1. The van der Waals surface area contributed by atoms with E-state index in [9.17, 15) is 0 Å². The quantitative estimate of drug-likeness (QED) is 0.887. The van der Waals surface area contributed by atoms with Crippen LogP contribution in [-0.2, 0) is 6.42 Å². The van der Waals surface area contributed by atoms with Crippen LogP contribution in [-0.4, -0.2) is 9.97 Å². The lowest BCUT2D eigenvalue weighted by Gasteiger charge is -2.20. The molecule has 1 aromatic rings. The maximum atomic E-state index is 5.59. The molecule has 0 spiro atoms. The summed E-state index contributed by atoms with van der Waals surface area (Å²) in [5.74, 6) is 1.43. The first-order chi connectivity index (χ1) is 7.25. The van der Waals surface area contributed by atoms with Crippen LogP contribution >= 0.6 is 15.9 Å². The fourth-order valence-corrected chi connectivity index (χ4v) is 2.89. The number of nitrogen functional groups attached to an aromatic ring is 1. The maximum Gasteiger partial charge on any atom is 0.198 e. The second-order valence-electron chi connectivity index (χ2n) is 4.43. The van der Waals surface area contributed by atoms with Crippen molar-refractivity contribution < 1.29 is 0 Å². The van der Waals surface area contributed by atoms with Crippen LogP contribution in [0.2, 0.25) is 0 Å². The Morgan fingerprint density at radius 1 is 1.33 bits per heavy atom. The summed E-state index contributed by atoms with van der Waals surface area (Å²) >= 11 is 3.42. The van der Waals surface area contributed by atoms with Gasteiger partial charge < -0.3 is 10.7 Å². The lowest BCUT2D eigenvalue weighted by Crippen LogP contribution is -2.07. The highest BCUT2D eigenvalue weighted by Gasteiger charge is 2.14. The smallest absolute Gasteiger partial charge is 0.198 e. The largest absolute Gasteiger partial charge is 0.369 e. The summed E-state index contributed by atoms with van der Waals surface area (Å²) in [5.41, 5.74) is 6.74. The maximum absolute atomic E-state index is 5.59. The molecule has 1 aliphatic rings. The molecule has 1 aliphatic carbocycles. The molecule has 1 aromatic heterocycles. The van der Waals surface area contributed by atoms with Crippen LogP contribution in [0, 0.1) is 5.92 Å². The summed E-state index contributed by atoms with van der Waals surface area (Å²) in [4.78, 5) is 7.22. The van der Waals surface area contributed by atoms with Gasteiger partial charge in [0.25, 0.3) is 0 Å². The fraction of sp³-hybridized carbons (Fsp3) is 0.727. The molecule has 1 heterocycles. The van der Waals surface area contributed by atoms with Crippen LogP contribution in [0.15, 0.2) is 4.60 Å². The Morgan fingerprint density at radius 2 is 2.07 bits per heavy atom. The van der Waals surface area contributed by atoms with Gasteiger partial charge in [-0.05, 0) is 34.7 Å². The average molecular weight is 272 g/mol. The molecule has 0 atom stereocenters. The van der Waals surface area contributed by atoms with Crippen molar-refractivity contribution in [1.29, 1.82) is 0 Å². The first-order valence-corrected chi connectivity index (χ1v) is 6.55. The Kier molecular flexibility index (Phi) is 3.67. The Morgan fingerprint density at radius 3 is 2.67 bits per heavy atom. The van der Waals surface area contributed by atoms with Gasteiger partial charge in [0.1, 0.15) is 4.60 Å². The summed E-state index contributed by atoms with van der Waals surface area (Å²) in [6, 6.07) is 0. The number of aromatic amines is 1.